The molecule has 2 heterocycles. The third-order valence-electron chi connectivity index (χ3n) is 10.9. The van der Waals surface area contributed by atoms with E-state index in [-0.39, 0.29) is 11.8 Å². The quantitative estimate of drug-likeness (QED) is 0.188. The van der Waals surface area contributed by atoms with Gasteiger partial charge in [0.15, 0.2) is 17.5 Å². The topological polar surface area (TPSA) is 51.6 Å². The normalized spacial score (nSPS) is 16.1. The summed E-state index contributed by atoms with van der Waals surface area (Å²) < 4.78 is 0. The summed E-state index contributed by atoms with van der Waals surface area (Å²) in [6.45, 7) is 0. The van der Waals surface area contributed by atoms with Gasteiger partial charge in [0.2, 0.25) is 0 Å². The Balaban J connectivity index is 1.13. The fraction of sp³-hybridized carbons (Fsp3) is 0.0417. The third-order valence-corrected chi connectivity index (χ3v) is 10.9. The van der Waals surface area contributed by atoms with Crippen LogP contribution in [0.3, 0.4) is 0 Å². The van der Waals surface area contributed by atoms with E-state index in [0.717, 1.165) is 22.3 Å². The van der Waals surface area contributed by atoms with Crippen molar-refractivity contribution >= 4 is 22.4 Å². The van der Waals surface area contributed by atoms with Crippen molar-refractivity contribution in [3.05, 3.63) is 192 Å². The van der Waals surface area contributed by atoms with Crippen LogP contribution in [0.5, 0.6) is 0 Å². The van der Waals surface area contributed by atoms with Crippen molar-refractivity contribution in [3.8, 4) is 56.4 Å². The van der Waals surface area contributed by atoms with Crippen LogP contribution in [0.2, 0.25) is 0 Å². The number of allylic oxidation sites excluding steroid dienone is 2. The van der Waals surface area contributed by atoms with Gasteiger partial charge in [-0.3, -0.25) is 4.98 Å². The first kappa shape index (κ1) is 29.0. The van der Waals surface area contributed by atoms with Gasteiger partial charge in [0.25, 0.3) is 0 Å². The Morgan fingerprint density at radius 1 is 0.442 bits per heavy atom. The van der Waals surface area contributed by atoms with Crippen LogP contribution in [-0.2, 0) is 0 Å². The molecule has 0 spiro atoms. The van der Waals surface area contributed by atoms with Crippen molar-refractivity contribution in [1.82, 2.24) is 19.9 Å². The summed E-state index contributed by atoms with van der Waals surface area (Å²) in [6.07, 6.45) is 11.0. The molecule has 0 aliphatic heterocycles. The zero-order valence-electron chi connectivity index (χ0n) is 28.1. The lowest BCUT2D eigenvalue weighted by molar-refractivity contribution is 0.715. The molecule has 3 aliphatic rings. The van der Waals surface area contributed by atoms with Gasteiger partial charge in [-0.15, -0.1) is 0 Å². The van der Waals surface area contributed by atoms with Crippen LogP contribution < -0.4 is 0 Å². The van der Waals surface area contributed by atoms with Crippen molar-refractivity contribution in [2.45, 2.75) is 11.8 Å². The minimum atomic E-state index is 0.188. The minimum Gasteiger partial charge on any atom is -0.264 e. The molecule has 0 radical (unpaired) electrons. The van der Waals surface area contributed by atoms with Crippen LogP contribution in [-0.4, -0.2) is 19.9 Å². The van der Waals surface area contributed by atoms with Gasteiger partial charge in [-0.25, -0.2) is 15.0 Å². The molecule has 2 aromatic heterocycles. The first-order chi connectivity index (χ1) is 25.8. The summed E-state index contributed by atoms with van der Waals surface area (Å²) in [4.78, 5) is 20.3. The molecule has 0 bridgehead atoms. The number of nitrogens with zero attached hydrogens (tertiary/aromatic N) is 4. The summed E-state index contributed by atoms with van der Waals surface area (Å²) >= 11 is 0. The van der Waals surface area contributed by atoms with Crippen molar-refractivity contribution < 1.29 is 0 Å². The summed E-state index contributed by atoms with van der Waals surface area (Å²) in [7, 11) is 0. The molecular weight excluding hydrogens is 633 g/mol. The van der Waals surface area contributed by atoms with Crippen molar-refractivity contribution in [1.29, 1.82) is 0 Å². The average molecular weight is 663 g/mol. The lowest BCUT2D eigenvalue weighted by Crippen LogP contribution is -2.18. The molecule has 242 valence electrons. The van der Waals surface area contributed by atoms with Gasteiger partial charge in [-0.2, -0.15) is 0 Å². The predicted molar refractivity (Wildman–Crippen MR) is 210 cm³/mol. The molecule has 0 saturated carbocycles. The second kappa shape index (κ2) is 11.4. The maximum Gasteiger partial charge on any atom is 0.164 e. The molecule has 0 amide bonds. The van der Waals surface area contributed by atoms with Gasteiger partial charge in [-0.05, 0) is 84.6 Å². The van der Waals surface area contributed by atoms with E-state index >= 15 is 0 Å². The van der Waals surface area contributed by atoms with Crippen molar-refractivity contribution in [2.75, 3.05) is 0 Å². The highest BCUT2D eigenvalue weighted by molar-refractivity contribution is 6.16. The van der Waals surface area contributed by atoms with Crippen LogP contribution in [0.25, 0.3) is 78.8 Å². The zero-order valence-corrected chi connectivity index (χ0v) is 28.1. The standard InChI is InChI=1S/C48H30N4/c1-2-12-30(13-3-1)46-50-47(32-25-31-14-10-20-39-34-16-6-7-17-35(34)43(26-32)45(31)39)52-48(51-46)40-19-9-8-18-36(40)42-27-41-33-15-5-4-11-29(33)21-22-37(41)44-28-49-24-23-38(42)44/h1-28,37,41H. The molecule has 4 nitrogen and oxygen atoms in total. The lowest BCUT2D eigenvalue weighted by atomic mass is 9.69. The second-order valence-corrected chi connectivity index (χ2v) is 13.8. The molecule has 0 N–H and O–H groups in total. The number of rotatable bonds is 4. The Hall–Kier alpha value is -6.78. The van der Waals surface area contributed by atoms with E-state index in [4.69, 9.17) is 15.0 Å². The van der Waals surface area contributed by atoms with E-state index in [9.17, 15) is 0 Å². The largest absolute Gasteiger partial charge is 0.264 e. The predicted octanol–water partition coefficient (Wildman–Crippen LogP) is 11.4. The molecule has 6 aromatic carbocycles. The molecule has 2 atom stereocenters. The fourth-order valence-electron chi connectivity index (χ4n) is 8.60. The summed E-state index contributed by atoms with van der Waals surface area (Å²) in [5.74, 6) is 2.36. The van der Waals surface area contributed by atoms with E-state index in [0.29, 0.717) is 17.5 Å². The Bertz CT molecular complexity index is 2810. The number of aromatic nitrogens is 4. The average Bonchev–Trinajstić information content (AvgIpc) is 3.55. The van der Waals surface area contributed by atoms with E-state index in [1.54, 1.807) is 0 Å². The Morgan fingerprint density at radius 3 is 2.00 bits per heavy atom. The van der Waals surface area contributed by atoms with Gasteiger partial charge in [0.1, 0.15) is 0 Å². The van der Waals surface area contributed by atoms with E-state index in [2.05, 4.69) is 145 Å². The number of hydrogen-bond acceptors (Lipinski definition) is 4. The summed E-state index contributed by atoms with van der Waals surface area (Å²) in [6, 6.07) is 49.4. The molecule has 0 saturated heterocycles. The second-order valence-electron chi connectivity index (χ2n) is 13.8. The fourth-order valence-corrected chi connectivity index (χ4v) is 8.60. The molecular formula is C48H30N4. The molecule has 0 fully saturated rings. The number of fused-ring (bicyclic) bond motifs is 8. The summed E-state index contributed by atoms with van der Waals surface area (Å²) in [5, 5.41) is 2.46. The van der Waals surface area contributed by atoms with Crippen molar-refractivity contribution in [2.24, 2.45) is 0 Å². The highest BCUT2D eigenvalue weighted by Gasteiger charge is 2.33. The van der Waals surface area contributed by atoms with E-state index in [1.165, 1.54) is 60.9 Å². The highest BCUT2D eigenvalue weighted by atomic mass is 15.0. The van der Waals surface area contributed by atoms with Crippen LogP contribution in [0, 0.1) is 0 Å². The van der Waals surface area contributed by atoms with Crippen LogP contribution in [0.15, 0.2) is 164 Å². The first-order valence-corrected chi connectivity index (χ1v) is 17.8. The van der Waals surface area contributed by atoms with Gasteiger partial charge in [0.05, 0.1) is 0 Å². The van der Waals surface area contributed by atoms with E-state index < -0.39 is 0 Å². The Labute approximate surface area is 301 Å². The van der Waals surface area contributed by atoms with Gasteiger partial charge in [-0.1, -0.05) is 140 Å². The minimum absolute atomic E-state index is 0.188. The van der Waals surface area contributed by atoms with Crippen molar-refractivity contribution in [3.63, 3.8) is 0 Å². The third kappa shape index (κ3) is 4.41. The Kier molecular flexibility index (Phi) is 6.34. The lowest BCUT2D eigenvalue weighted by Gasteiger charge is -2.34. The van der Waals surface area contributed by atoms with Crippen LogP contribution >= 0.6 is 0 Å². The van der Waals surface area contributed by atoms with Gasteiger partial charge >= 0.3 is 0 Å². The smallest absolute Gasteiger partial charge is 0.164 e. The highest BCUT2D eigenvalue weighted by Crippen LogP contribution is 2.51. The van der Waals surface area contributed by atoms with E-state index in [1.807, 2.05) is 30.6 Å². The number of pyridine rings is 1. The number of hydrogen-bond donors (Lipinski definition) is 0. The zero-order chi connectivity index (χ0) is 34.2. The maximum absolute atomic E-state index is 5.31. The first-order valence-electron chi connectivity index (χ1n) is 17.8. The molecule has 11 rings (SSSR count). The molecule has 4 heteroatoms. The number of benzene rings is 6. The molecule has 3 aliphatic carbocycles. The maximum atomic E-state index is 5.31. The molecule has 52 heavy (non-hydrogen) atoms. The van der Waals surface area contributed by atoms with Gasteiger partial charge < -0.3 is 0 Å². The van der Waals surface area contributed by atoms with Gasteiger partial charge in [0, 0.05) is 40.9 Å². The Morgan fingerprint density at radius 2 is 1.13 bits per heavy atom. The SMILES string of the molecule is C1=CC2c3cnccc3C(c3ccccc3-c3nc(-c4ccccc4)nc(-c4cc5c6c(cccc6c4)-c4ccccc4-5)n3)=CC2c2ccccc21. The van der Waals surface area contributed by atoms with Crippen LogP contribution in [0.4, 0.5) is 0 Å². The summed E-state index contributed by atoms with van der Waals surface area (Å²) in [5.41, 5.74) is 15.2. The molecule has 8 aromatic rings. The van der Waals surface area contributed by atoms with Crippen LogP contribution in [0.1, 0.15) is 39.7 Å². The molecule has 2 unspecified atom stereocenters. The monoisotopic (exact) mass is 662 g/mol.